The van der Waals surface area contributed by atoms with Crippen molar-refractivity contribution in [2.45, 2.75) is 27.2 Å². The van der Waals surface area contributed by atoms with Crippen LogP contribution in [0.2, 0.25) is 0 Å². The van der Waals surface area contributed by atoms with Crippen molar-refractivity contribution in [2.75, 3.05) is 18.5 Å². The normalized spacial score (nSPS) is 10.4. The molecule has 0 radical (unpaired) electrons. The van der Waals surface area contributed by atoms with Crippen LogP contribution < -0.4 is 15.4 Å². The summed E-state index contributed by atoms with van der Waals surface area (Å²) in [6, 6.07) is 17.7. The molecule has 8 heteroatoms. The fourth-order valence-corrected chi connectivity index (χ4v) is 3.71. The van der Waals surface area contributed by atoms with Crippen LogP contribution in [0.15, 0.2) is 60.7 Å². The first-order valence-electron chi connectivity index (χ1n) is 10.8. The number of benzene rings is 3. The molecular formula is C26H27N3O5. The SMILES string of the molecule is Cc1cc(C)c(NC(=O)CNC(=O)COc2ccc([N+](=O)[O-])cc2Cc2ccccc2)c(C)c1. The molecule has 0 aliphatic heterocycles. The number of amides is 2. The number of nitrogens with one attached hydrogen (secondary N) is 2. The lowest BCUT2D eigenvalue weighted by atomic mass is 10.0. The average Bonchev–Trinajstić information content (AvgIpc) is 2.79. The van der Waals surface area contributed by atoms with Crippen molar-refractivity contribution in [1.29, 1.82) is 0 Å². The van der Waals surface area contributed by atoms with Gasteiger partial charge in [0.05, 0.1) is 11.5 Å². The Morgan fingerprint density at radius 2 is 1.62 bits per heavy atom. The summed E-state index contributed by atoms with van der Waals surface area (Å²) in [6.07, 6.45) is 0.414. The van der Waals surface area contributed by atoms with E-state index in [0.717, 1.165) is 27.9 Å². The van der Waals surface area contributed by atoms with Gasteiger partial charge in [0.15, 0.2) is 6.61 Å². The van der Waals surface area contributed by atoms with Gasteiger partial charge in [-0.25, -0.2) is 0 Å². The number of nitro benzene ring substituents is 1. The van der Waals surface area contributed by atoms with Gasteiger partial charge in [-0.15, -0.1) is 0 Å². The van der Waals surface area contributed by atoms with E-state index in [-0.39, 0.29) is 24.7 Å². The quantitative estimate of drug-likeness (QED) is 0.366. The van der Waals surface area contributed by atoms with Crippen molar-refractivity contribution in [3.8, 4) is 5.75 Å². The Morgan fingerprint density at radius 1 is 0.941 bits per heavy atom. The van der Waals surface area contributed by atoms with Gasteiger partial charge in [-0.3, -0.25) is 19.7 Å². The number of nitrogens with zero attached hydrogens (tertiary/aromatic N) is 1. The van der Waals surface area contributed by atoms with Crippen LogP contribution in [-0.4, -0.2) is 29.9 Å². The summed E-state index contributed by atoms with van der Waals surface area (Å²) in [5, 5.41) is 16.6. The van der Waals surface area contributed by atoms with Gasteiger partial charge in [0, 0.05) is 29.8 Å². The van der Waals surface area contributed by atoms with Crippen molar-refractivity contribution in [3.05, 3.63) is 98.6 Å². The maximum absolute atomic E-state index is 12.3. The number of non-ortho nitro benzene ring substituents is 1. The summed E-state index contributed by atoms with van der Waals surface area (Å²) in [5.41, 5.74) is 5.23. The third-order valence-electron chi connectivity index (χ3n) is 5.24. The number of ether oxygens (including phenoxy) is 1. The topological polar surface area (TPSA) is 111 Å². The van der Waals surface area contributed by atoms with Crippen molar-refractivity contribution in [1.82, 2.24) is 5.32 Å². The van der Waals surface area contributed by atoms with Crippen molar-refractivity contribution >= 4 is 23.2 Å². The van der Waals surface area contributed by atoms with Crippen molar-refractivity contribution in [2.24, 2.45) is 0 Å². The zero-order chi connectivity index (χ0) is 24.7. The minimum atomic E-state index is -0.475. The van der Waals surface area contributed by atoms with Crippen LogP contribution in [0.4, 0.5) is 11.4 Å². The number of anilines is 1. The molecule has 0 aliphatic carbocycles. The zero-order valence-electron chi connectivity index (χ0n) is 19.4. The molecule has 0 atom stereocenters. The first kappa shape index (κ1) is 24.4. The van der Waals surface area contributed by atoms with E-state index in [1.165, 1.54) is 18.2 Å². The molecule has 0 bridgehead atoms. The van der Waals surface area contributed by atoms with Gasteiger partial charge in [-0.2, -0.15) is 0 Å². The van der Waals surface area contributed by atoms with E-state index >= 15 is 0 Å². The fourth-order valence-electron chi connectivity index (χ4n) is 3.71. The molecule has 8 nitrogen and oxygen atoms in total. The van der Waals surface area contributed by atoms with Crippen LogP contribution >= 0.6 is 0 Å². The average molecular weight is 462 g/mol. The molecule has 0 heterocycles. The minimum Gasteiger partial charge on any atom is -0.483 e. The predicted octanol–water partition coefficient (Wildman–Crippen LogP) is 4.24. The highest BCUT2D eigenvalue weighted by Crippen LogP contribution is 2.27. The molecule has 0 unspecified atom stereocenters. The third kappa shape index (κ3) is 6.65. The molecule has 0 saturated heterocycles. The first-order valence-corrected chi connectivity index (χ1v) is 10.8. The monoisotopic (exact) mass is 461 g/mol. The zero-order valence-corrected chi connectivity index (χ0v) is 19.4. The van der Waals surface area contributed by atoms with E-state index in [1.807, 2.05) is 63.2 Å². The molecule has 3 aromatic carbocycles. The molecular weight excluding hydrogens is 434 g/mol. The molecule has 0 spiro atoms. The first-order chi connectivity index (χ1) is 16.2. The number of carbonyl (C=O) groups excluding carboxylic acids is 2. The lowest BCUT2D eigenvalue weighted by Crippen LogP contribution is -2.36. The van der Waals surface area contributed by atoms with Crippen LogP contribution in [0.3, 0.4) is 0 Å². The lowest BCUT2D eigenvalue weighted by molar-refractivity contribution is -0.384. The summed E-state index contributed by atoms with van der Waals surface area (Å²) in [6.45, 7) is 5.29. The standard InChI is InChI=1S/C26H27N3O5/c1-17-11-18(2)26(19(3)12-17)28-24(30)15-27-25(31)16-34-23-10-9-22(29(32)33)14-21(23)13-20-7-5-4-6-8-20/h4-12,14H,13,15-16H2,1-3H3,(H,27,31)(H,28,30). The Bertz CT molecular complexity index is 1190. The molecule has 176 valence electrons. The van der Waals surface area contributed by atoms with Crippen LogP contribution in [0.5, 0.6) is 5.75 Å². The summed E-state index contributed by atoms with van der Waals surface area (Å²) >= 11 is 0. The summed E-state index contributed by atoms with van der Waals surface area (Å²) in [5.74, 6) is -0.444. The second-order valence-corrected chi connectivity index (χ2v) is 8.10. The minimum absolute atomic E-state index is 0.0545. The van der Waals surface area contributed by atoms with Gasteiger partial charge >= 0.3 is 0 Å². The largest absolute Gasteiger partial charge is 0.483 e. The van der Waals surface area contributed by atoms with Crippen molar-refractivity contribution < 1.29 is 19.2 Å². The Labute approximate surface area is 198 Å². The molecule has 0 aromatic heterocycles. The Balaban J connectivity index is 1.59. The van der Waals surface area contributed by atoms with Crippen molar-refractivity contribution in [3.63, 3.8) is 0 Å². The van der Waals surface area contributed by atoms with E-state index in [1.54, 1.807) is 0 Å². The van der Waals surface area contributed by atoms with Crippen LogP contribution in [-0.2, 0) is 16.0 Å². The number of nitro groups is 1. The Morgan fingerprint density at radius 3 is 2.26 bits per heavy atom. The highest BCUT2D eigenvalue weighted by atomic mass is 16.6. The lowest BCUT2D eigenvalue weighted by Gasteiger charge is -2.14. The second kappa shape index (κ2) is 11.1. The number of rotatable bonds is 9. The highest BCUT2D eigenvalue weighted by Gasteiger charge is 2.15. The smallest absolute Gasteiger partial charge is 0.269 e. The Hall–Kier alpha value is -4.20. The fraction of sp³-hybridized carbons (Fsp3) is 0.231. The van der Waals surface area contributed by atoms with E-state index < -0.39 is 10.8 Å². The number of aryl methyl sites for hydroxylation is 3. The second-order valence-electron chi connectivity index (χ2n) is 8.10. The van der Waals surface area contributed by atoms with E-state index in [9.17, 15) is 19.7 Å². The maximum atomic E-state index is 12.3. The molecule has 3 aromatic rings. The van der Waals surface area contributed by atoms with Crippen LogP contribution in [0.25, 0.3) is 0 Å². The summed E-state index contributed by atoms with van der Waals surface area (Å²) < 4.78 is 5.64. The maximum Gasteiger partial charge on any atom is 0.269 e. The van der Waals surface area contributed by atoms with E-state index in [4.69, 9.17) is 4.74 Å². The Kier molecular flexibility index (Phi) is 7.97. The summed E-state index contributed by atoms with van der Waals surface area (Å²) in [4.78, 5) is 35.3. The molecule has 2 amide bonds. The van der Waals surface area contributed by atoms with Gasteiger partial charge in [0.25, 0.3) is 11.6 Å². The molecule has 0 aliphatic rings. The summed E-state index contributed by atoms with van der Waals surface area (Å²) in [7, 11) is 0. The predicted molar refractivity (Wildman–Crippen MR) is 130 cm³/mol. The van der Waals surface area contributed by atoms with E-state index in [2.05, 4.69) is 10.6 Å². The van der Waals surface area contributed by atoms with Gasteiger partial charge in [-0.1, -0.05) is 48.0 Å². The third-order valence-corrected chi connectivity index (χ3v) is 5.24. The number of hydrogen-bond donors (Lipinski definition) is 2. The van der Waals surface area contributed by atoms with Crippen LogP contribution in [0.1, 0.15) is 27.8 Å². The van der Waals surface area contributed by atoms with Gasteiger partial charge in [-0.05, 0) is 43.5 Å². The molecule has 0 fully saturated rings. The molecule has 3 rings (SSSR count). The van der Waals surface area contributed by atoms with E-state index in [0.29, 0.717) is 17.7 Å². The molecule has 34 heavy (non-hydrogen) atoms. The highest BCUT2D eigenvalue weighted by molar-refractivity contribution is 5.96. The van der Waals surface area contributed by atoms with Crippen LogP contribution in [0, 0.1) is 30.9 Å². The number of hydrogen-bond acceptors (Lipinski definition) is 5. The molecule has 2 N–H and O–H groups in total. The van der Waals surface area contributed by atoms with Gasteiger partial charge in [0.2, 0.25) is 5.91 Å². The molecule has 0 saturated carbocycles. The number of carbonyl (C=O) groups is 2. The van der Waals surface area contributed by atoms with Gasteiger partial charge in [0.1, 0.15) is 5.75 Å². The van der Waals surface area contributed by atoms with Gasteiger partial charge < -0.3 is 15.4 Å².